The smallest absolute Gasteiger partial charge is 0.248 e. The lowest BCUT2D eigenvalue weighted by atomic mass is 9.88. The van der Waals surface area contributed by atoms with Crippen molar-refractivity contribution in [1.82, 2.24) is 4.90 Å². The number of hydrogen-bond acceptors (Lipinski definition) is 4. The molecular formula is C19H26N2O4. The van der Waals surface area contributed by atoms with Crippen molar-refractivity contribution in [2.75, 3.05) is 25.6 Å². The number of ether oxygens (including phenoxy) is 1. The van der Waals surface area contributed by atoms with Crippen LogP contribution in [0.5, 0.6) is 0 Å². The predicted molar refractivity (Wildman–Crippen MR) is 94.0 cm³/mol. The van der Waals surface area contributed by atoms with E-state index < -0.39 is 12.1 Å². The Bertz CT molecular complexity index is 610. The molecule has 1 aromatic rings. The molecule has 1 heterocycles. The number of aliphatic hydroxyl groups is 1. The van der Waals surface area contributed by atoms with E-state index in [1.165, 1.54) is 11.3 Å². The van der Waals surface area contributed by atoms with Crippen molar-refractivity contribution in [3.05, 3.63) is 29.8 Å². The van der Waals surface area contributed by atoms with Crippen molar-refractivity contribution < 1.29 is 19.4 Å². The minimum Gasteiger partial charge on any atom is -0.386 e. The second-order valence-corrected chi connectivity index (χ2v) is 6.98. The molecule has 1 aromatic carbocycles. The Labute approximate surface area is 148 Å². The molecule has 1 saturated heterocycles. The molecule has 0 bridgehead atoms. The molecular weight excluding hydrogens is 320 g/mol. The van der Waals surface area contributed by atoms with Gasteiger partial charge in [-0.3, -0.25) is 9.59 Å². The largest absolute Gasteiger partial charge is 0.386 e. The van der Waals surface area contributed by atoms with Crippen LogP contribution < -0.4 is 5.32 Å². The molecule has 1 aliphatic heterocycles. The van der Waals surface area contributed by atoms with Crippen LogP contribution in [0.15, 0.2) is 24.3 Å². The van der Waals surface area contributed by atoms with Gasteiger partial charge in [-0.1, -0.05) is 31.4 Å². The first-order chi connectivity index (χ1) is 12.1. The van der Waals surface area contributed by atoms with E-state index in [9.17, 15) is 14.7 Å². The Morgan fingerprint density at radius 1 is 1.24 bits per heavy atom. The maximum Gasteiger partial charge on any atom is 0.248 e. The van der Waals surface area contributed by atoms with E-state index >= 15 is 0 Å². The maximum absolute atomic E-state index is 12.3. The fraction of sp³-hybridized carbons (Fsp3) is 0.579. The van der Waals surface area contributed by atoms with Crippen molar-refractivity contribution in [3.8, 4) is 0 Å². The molecule has 6 heteroatoms. The van der Waals surface area contributed by atoms with E-state index in [1.54, 1.807) is 31.3 Å². The predicted octanol–water partition coefficient (Wildman–Crippen LogP) is 2.10. The first-order valence-electron chi connectivity index (χ1n) is 8.98. The molecule has 136 valence electrons. The van der Waals surface area contributed by atoms with Crippen LogP contribution in [0.3, 0.4) is 0 Å². The first-order valence-corrected chi connectivity index (χ1v) is 8.98. The lowest BCUT2D eigenvalue weighted by Crippen LogP contribution is -2.49. The highest BCUT2D eigenvalue weighted by Gasteiger charge is 2.32. The van der Waals surface area contributed by atoms with Crippen LogP contribution in [0.4, 0.5) is 5.69 Å². The van der Waals surface area contributed by atoms with Crippen molar-refractivity contribution in [1.29, 1.82) is 0 Å². The molecule has 3 rings (SSSR count). The van der Waals surface area contributed by atoms with Crippen LogP contribution in [0.25, 0.3) is 0 Å². The molecule has 25 heavy (non-hydrogen) atoms. The van der Waals surface area contributed by atoms with Gasteiger partial charge in [-0.05, 0) is 30.5 Å². The second kappa shape index (κ2) is 7.97. The molecule has 0 radical (unpaired) electrons. The minimum atomic E-state index is -0.822. The molecule has 1 saturated carbocycles. The van der Waals surface area contributed by atoms with Gasteiger partial charge < -0.3 is 20.1 Å². The van der Waals surface area contributed by atoms with Crippen molar-refractivity contribution in [3.63, 3.8) is 0 Å². The van der Waals surface area contributed by atoms with E-state index in [0.29, 0.717) is 12.2 Å². The molecule has 2 atom stereocenters. The number of benzene rings is 1. The molecule has 1 aliphatic carbocycles. The van der Waals surface area contributed by atoms with Gasteiger partial charge in [0, 0.05) is 18.7 Å². The number of morpholine rings is 1. The quantitative estimate of drug-likeness (QED) is 0.875. The highest BCUT2D eigenvalue weighted by Crippen LogP contribution is 2.27. The van der Waals surface area contributed by atoms with Crippen LogP contribution in [0, 0.1) is 5.92 Å². The summed E-state index contributed by atoms with van der Waals surface area (Å²) in [6.07, 6.45) is 4.57. The highest BCUT2D eigenvalue weighted by atomic mass is 16.5. The van der Waals surface area contributed by atoms with E-state index in [-0.39, 0.29) is 24.3 Å². The molecule has 2 unspecified atom stereocenters. The fourth-order valence-corrected chi connectivity index (χ4v) is 3.56. The van der Waals surface area contributed by atoms with Crippen LogP contribution in [0.1, 0.15) is 43.8 Å². The van der Waals surface area contributed by atoms with Gasteiger partial charge in [-0.15, -0.1) is 0 Å². The summed E-state index contributed by atoms with van der Waals surface area (Å²) in [6.45, 7) is 0.370. The molecule has 0 aromatic heterocycles. The third-order valence-corrected chi connectivity index (χ3v) is 5.27. The Morgan fingerprint density at radius 3 is 2.60 bits per heavy atom. The highest BCUT2D eigenvalue weighted by molar-refractivity contribution is 5.92. The summed E-state index contributed by atoms with van der Waals surface area (Å²) in [6, 6.07) is 6.77. The summed E-state index contributed by atoms with van der Waals surface area (Å²) < 4.78 is 5.24. The number of hydrogen-bond donors (Lipinski definition) is 2. The average Bonchev–Trinajstić information content (AvgIpc) is 2.65. The molecule has 2 fully saturated rings. The van der Waals surface area contributed by atoms with Crippen LogP contribution in [-0.4, -0.2) is 48.1 Å². The zero-order valence-electron chi connectivity index (χ0n) is 14.6. The summed E-state index contributed by atoms with van der Waals surface area (Å²) >= 11 is 0. The van der Waals surface area contributed by atoms with Gasteiger partial charge in [-0.25, -0.2) is 0 Å². The fourth-order valence-electron chi connectivity index (χ4n) is 3.56. The Hall–Kier alpha value is -1.92. The molecule has 2 aliphatic rings. The van der Waals surface area contributed by atoms with E-state index in [0.717, 1.165) is 31.4 Å². The van der Waals surface area contributed by atoms with Crippen molar-refractivity contribution >= 4 is 17.5 Å². The normalized spacial score (nSPS) is 23.4. The average molecular weight is 346 g/mol. The van der Waals surface area contributed by atoms with E-state index in [1.807, 2.05) is 0 Å². The summed E-state index contributed by atoms with van der Waals surface area (Å²) in [7, 11) is 1.68. The molecule has 0 spiro atoms. The van der Waals surface area contributed by atoms with Crippen molar-refractivity contribution in [2.45, 2.75) is 44.2 Å². The number of rotatable bonds is 4. The summed E-state index contributed by atoms with van der Waals surface area (Å²) in [4.78, 5) is 25.5. The van der Waals surface area contributed by atoms with E-state index in [2.05, 4.69) is 5.32 Å². The first kappa shape index (κ1) is 17.9. The Balaban J connectivity index is 1.61. The van der Waals surface area contributed by atoms with Gasteiger partial charge in [0.2, 0.25) is 11.8 Å². The van der Waals surface area contributed by atoms with Gasteiger partial charge in [0.15, 0.2) is 0 Å². The molecule has 6 nitrogen and oxygen atoms in total. The van der Waals surface area contributed by atoms with Crippen LogP contribution >= 0.6 is 0 Å². The number of nitrogens with zero attached hydrogens (tertiary/aromatic N) is 1. The lowest BCUT2D eigenvalue weighted by Gasteiger charge is -2.35. The zero-order valence-corrected chi connectivity index (χ0v) is 14.6. The number of amides is 2. The number of nitrogens with one attached hydrogen (secondary N) is 1. The van der Waals surface area contributed by atoms with E-state index in [4.69, 9.17) is 4.74 Å². The van der Waals surface area contributed by atoms with Crippen LogP contribution in [-0.2, 0) is 14.3 Å². The number of aliphatic hydroxyl groups excluding tert-OH is 1. The zero-order chi connectivity index (χ0) is 17.8. The third-order valence-electron chi connectivity index (χ3n) is 5.27. The number of carbonyl (C=O) groups excluding carboxylic acids is 2. The van der Waals surface area contributed by atoms with Gasteiger partial charge in [0.1, 0.15) is 12.7 Å². The topological polar surface area (TPSA) is 78.9 Å². The van der Waals surface area contributed by atoms with Gasteiger partial charge in [-0.2, -0.15) is 0 Å². The molecule has 2 N–H and O–H groups in total. The van der Waals surface area contributed by atoms with Crippen LogP contribution in [0.2, 0.25) is 0 Å². The SMILES string of the molecule is CN1C(=O)COCC1C(O)c1ccc(NC(=O)C2CCCCC2)cc1. The summed E-state index contributed by atoms with van der Waals surface area (Å²) in [5.74, 6) is 0.0590. The Kier molecular flexibility index (Phi) is 5.71. The van der Waals surface area contributed by atoms with Gasteiger partial charge in [0.25, 0.3) is 0 Å². The number of likely N-dealkylation sites (N-methyl/N-ethyl adjacent to an activating group) is 1. The number of anilines is 1. The number of carbonyl (C=O) groups is 2. The summed E-state index contributed by atoms with van der Waals surface area (Å²) in [5.41, 5.74) is 1.43. The minimum absolute atomic E-state index is 0.0614. The van der Waals surface area contributed by atoms with Gasteiger partial charge >= 0.3 is 0 Å². The van der Waals surface area contributed by atoms with Gasteiger partial charge in [0.05, 0.1) is 12.6 Å². The monoisotopic (exact) mass is 346 g/mol. The molecule has 2 amide bonds. The lowest BCUT2D eigenvalue weighted by molar-refractivity contribution is -0.151. The standard InChI is InChI=1S/C19H26N2O4/c1-21-16(11-25-12-17(21)22)18(23)13-7-9-15(10-8-13)20-19(24)14-5-3-2-4-6-14/h7-10,14,16,18,23H,2-6,11-12H2,1H3,(H,20,24). The summed E-state index contributed by atoms with van der Waals surface area (Å²) in [5, 5.41) is 13.5. The van der Waals surface area contributed by atoms with Crippen molar-refractivity contribution in [2.24, 2.45) is 5.92 Å². The maximum atomic E-state index is 12.3. The third kappa shape index (κ3) is 4.19. The second-order valence-electron chi connectivity index (χ2n) is 6.98. The Morgan fingerprint density at radius 2 is 1.92 bits per heavy atom.